The number of benzene rings is 1. The number of carbonyl (C=O) groups is 2. The van der Waals surface area contributed by atoms with Crippen molar-refractivity contribution in [3.63, 3.8) is 0 Å². The molecule has 1 aromatic heterocycles. The highest BCUT2D eigenvalue weighted by Crippen LogP contribution is 2.24. The highest BCUT2D eigenvalue weighted by atomic mass is 16.2. The zero-order chi connectivity index (χ0) is 20.1. The maximum absolute atomic E-state index is 13.0. The number of nitrogens with zero attached hydrogens (tertiary/aromatic N) is 2. The molecular formula is C22H32N4O2. The van der Waals surface area contributed by atoms with Crippen LogP contribution in [0.4, 0.5) is 5.95 Å². The van der Waals surface area contributed by atoms with Crippen molar-refractivity contribution in [2.75, 3.05) is 5.32 Å². The van der Waals surface area contributed by atoms with Crippen LogP contribution >= 0.6 is 0 Å². The van der Waals surface area contributed by atoms with E-state index in [1.807, 2.05) is 42.7 Å². The van der Waals surface area contributed by atoms with Crippen LogP contribution in [0.25, 0.3) is 11.0 Å². The molecule has 3 rings (SSSR count). The van der Waals surface area contributed by atoms with Crippen LogP contribution in [-0.2, 0) is 16.1 Å². The van der Waals surface area contributed by atoms with Crippen molar-refractivity contribution >= 4 is 28.8 Å². The molecule has 6 heteroatoms. The van der Waals surface area contributed by atoms with Crippen molar-refractivity contribution in [3.05, 3.63) is 24.3 Å². The van der Waals surface area contributed by atoms with Crippen LogP contribution in [0.5, 0.6) is 0 Å². The molecule has 1 aliphatic rings. The fraction of sp³-hybridized carbons (Fsp3) is 0.591. The van der Waals surface area contributed by atoms with Crippen LogP contribution < -0.4 is 10.6 Å². The zero-order valence-corrected chi connectivity index (χ0v) is 17.2. The number of hydrogen-bond acceptors (Lipinski definition) is 3. The zero-order valence-electron chi connectivity index (χ0n) is 17.2. The van der Waals surface area contributed by atoms with Crippen LogP contribution in [0.15, 0.2) is 24.3 Å². The summed E-state index contributed by atoms with van der Waals surface area (Å²) in [6.07, 6.45) is 6.17. The number of aromatic nitrogens is 2. The van der Waals surface area contributed by atoms with Crippen LogP contribution in [0.1, 0.15) is 59.3 Å². The van der Waals surface area contributed by atoms with Gasteiger partial charge >= 0.3 is 0 Å². The molecule has 0 aliphatic heterocycles. The molecular weight excluding hydrogens is 352 g/mol. The van der Waals surface area contributed by atoms with Gasteiger partial charge in [0.25, 0.3) is 0 Å². The molecule has 2 N–H and O–H groups in total. The average Bonchev–Trinajstić information content (AvgIpc) is 3.03. The standard InChI is InChI=1S/C22H32N4O2/c1-4-14-26-18-13-9-8-12-17(18)23-22(26)25-21(28)19(15(2)3)24-20(27)16-10-6-5-7-11-16/h8-9,12-13,15-16,19H,4-7,10-11,14H2,1-3H3,(H,24,27)(H,23,25,28)/t19-/m1/s1. The highest BCUT2D eigenvalue weighted by molar-refractivity contribution is 5.97. The van der Waals surface area contributed by atoms with Crippen LogP contribution in [-0.4, -0.2) is 27.4 Å². The Morgan fingerprint density at radius 1 is 1.18 bits per heavy atom. The lowest BCUT2D eigenvalue weighted by Gasteiger charge is -2.26. The third-order valence-electron chi connectivity index (χ3n) is 5.56. The largest absolute Gasteiger partial charge is 0.344 e. The van der Waals surface area contributed by atoms with Gasteiger partial charge in [-0.25, -0.2) is 4.98 Å². The number of imidazole rings is 1. The molecule has 0 radical (unpaired) electrons. The Morgan fingerprint density at radius 3 is 2.57 bits per heavy atom. The van der Waals surface area contributed by atoms with E-state index in [1.165, 1.54) is 6.42 Å². The molecule has 1 aromatic carbocycles. The third-order valence-corrected chi connectivity index (χ3v) is 5.56. The molecule has 2 aromatic rings. The molecule has 1 fully saturated rings. The van der Waals surface area contributed by atoms with Gasteiger partial charge in [-0.1, -0.05) is 52.2 Å². The van der Waals surface area contributed by atoms with Crippen molar-refractivity contribution in [3.8, 4) is 0 Å². The van der Waals surface area contributed by atoms with Gasteiger partial charge in [0.1, 0.15) is 6.04 Å². The van der Waals surface area contributed by atoms with E-state index in [-0.39, 0.29) is 23.7 Å². The second kappa shape index (κ2) is 9.22. The Hall–Kier alpha value is -2.37. The number of fused-ring (bicyclic) bond motifs is 1. The summed E-state index contributed by atoms with van der Waals surface area (Å²) in [6.45, 7) is 6.79. The molecule has 6 nitrogen and oxygen atoms in total. The first-order valence-corrected chi connectivity index (χ1v) is 10.6. The number of amides is 2. The number of carbonyl (C=O) groups excluding carboxylic acids is 2. The normalized spacial score (nSPS) is 16.3. The van der Waals surface area contributed by atoms with Gasteiger partial charge in [-0.3, -0.25) is 14.9 Å². The summed E-state index contributed by atoms with van der Waals surface area (Å²) >= 11 is 0. The maximum atomic E-state index is 13.0. The van der Waals surface area contributed by atoms with Gasteiger partial charge in [0.2, 0.25) is 17.8 Å². The summed E-state index contributed by atoms with van der Waals surface area (Å²) < 4.78 is 2.04. The summed E-state index contributed by atoms with van der Waals surface area (Å²) in [7, 11) is 0. The van der Waals surface area contributed by atoms with Crippen molar-refractivity contribution in [1.82, 2.24) is 14.9 Å². The molecule has 0 bridgehead atoms. The Labute approximate surface area is 167 Å². The van der Waals surface area contributed by atoms with Crippen molar-refractivity contribution in [2.45, 2.75) is 71.9 Å². The highest BCUT2D eigenvalue weighted by Gasteiger charge is 2.29. The molecule has 0 unspecified atom stereocenters. The van der Waals surface area contributed by atoms with Crippen molar-refractivity contribution < 1.29 is 9.59 Å². The molecule has 1 atom stereocenters. The number of anilines is 1. The van der Waals surface area contributed by atoms with Gasteiger partial charge in [-0.05, 0) is 37.3 Å². The first-order chi connectivity index (χ1) is 13.5. The first kappa shape index (κ1) is 20.4. The Balaban J connectivity index is 1.76. The molecule has 1 aliphatic carbocycles. The second-order valence-corrected chi connectivity index (χ2v) is 8.13. The molecule has 2 amide bonds. The summed E-state index contributed by atoms with van der Waals surface area (Å²) in [5, 5.41) is 5.98. The molecule has 28 heavy (non-hydrogen) atoms. The van der Waals surface area contributed by atoms with Crippen LogP contribution in [0.3, 0.4) is 0 Å². The van der Waals surface area contributed by atoms with Crippen molar-refractivity contribution in [2.24, 2.45) is 11.8 Å². The number of aryl methyl sites for hydroxylation is 1. The van der Waals surface area contributed by atoms with Gasteiger partial charge in [0, 0.05) is 12.5 Å². The van der Waals surface area contributed by atoms with E-state index in [9.17, 15) is 9.59 Å². The monoisotopic (exact) mass is 384 g/mol. The minimum atomic E-state index is -0.565. The van der Waals surface area contributed by atoms with Crippen molar-refractivity contribution in [1.29, 1.82) is 0 Å². The summed E-state index contributed by atoms with van der Waals surface area (Å²) in [5.41, 5.74) is 1.87. The van der Waals surface area contributed by atoms with Crippen LogP contribution in [0, 0.1) is 11.8 Å². The van der Waals surface area contributed by atoms with E-state index in [0.29, 0.717) is 5.95 Å². The second-order valence-electron chi connectivity index (χ2n) is 8.13. The molecule has 0 saturated heterocycles. The van der Waals surface area contributed by atoms with Gasteiger partial charge in [-0.15, -0.1) is 0 Å². The number of hydrogen-bond donors (Lipinski definition) is 2. The van der Waals surface area contributed by atoms with Gasteiger partial charge in [0.15, 0.2) is 0 Å². The average molecular weight is 385 g/mol. The van der Waals surface area contributed by atoms with E-state index in [1.54, 1.807) is 0 Å². The van der Waals surface area contributed by atoms with E-state index >= 15 is 0 Å². The predicted molar refractivity (Wildman–Crippen MR) is 112 cm³/mol. The summed E-state index contributed by atoms with van der Waals surface area (Å²) in [5.74, 6) is 0.386. The number of nitrogens with one attached hydrogen (secondary N) is 2. The minimum Gasteiger partial charge on any atom is -0.344 e. The predicted octanol–water partition coefficient (Wildman–Crippen LogP) is 4.11. The summed E-state index contributed by atoms with van der Waals surface area (Å²) in [4.78, 5) is 30.3. The van der Waals surface area contributed by atoms with E-state index in [0.717, 1.165) is 49.7 Å². The minimum absolute atomic E-state index is 0.00320. The lowest BCUT2D eigenvalue weighted by Crippen LogP contribution is -2.49. The number of para-hydroxylation sites is 2. The van der Waals surface area contributed by atoms with Crippen LogP contribution in [0.2, 0.25) is 0 Å². The lowest BCUT2D eigenvalue weighted by atomic mass is 9.88. The fourth-order valence-electron chi connectivity index (χ4n) is 3.98. The van der Waals surface area contributed by atoms with Gasteiger partial charge < -0.3 is 9.88 Å². The Bertz CT molecular complexity index is 821. The quantitative estimate of drug-likeness (QED) is 0.754. The topological polar surface area (TPSA) is 76.0 Å². The molecule has 152 valence electrons. The van der Waals surface area contributed by atoms with E-state index in [4.69, 9.17) is 0 Å². The van der Waals surface area contributed by atoms with Gasteiger partial charge in [-0.2, -0.15) is 0 Å². The smallest absolute Gasteiger partial charge is 0.249 e. The summed E-state index contributed by atoms with van der Waals surface area (Å²) in [6, 6.07) is 7.31. The third kappa shape index (κ3) is 4.54. The van der Waals surface area contributed by atoms with Gasteiger partial charge in [0.05, 0.1) is 11.0 Å². The molecule has 0 spiro atoms. The number of rotatable bonds is 7. The maximum Gasteiger partial charge on any atom is 0.249 e. The Morgan fingerprint density at radius 2 is 1.89 bits per heavy atom. The van der Waals surface area contributed by atoms with E-state index < -0.39 is 6.04 Å². The van der Waals surface area contributed by atoms with E-state index in [2.05, 4.69) is 22.5 Å². The first-order valence-electron chi connectivity index (χ1n) is 10.6. The Kier molecular flexibility index (Phi) is 6.70. The molecule has 1 saturated carbocycles. The molecule has 1 heterocycles. The SMILES string of the molecule is CCCn1c(NC(=O)[C@H](NC(=O)C2CCCCC2)C(C)C)nc2ccccc21. The fourth-order valence-corrected chi connectivity index (χ4v) is 3.98. The lowest BCUT2D eigenvalue weighted by molar-refractivity contribution is -0.130.